The first-order chi connectivity index (χ1) is 9.19. The van der Waals surface area contributed by atoms with E-state index in [1.165, 1.54) is 38.5 Å². The molecule has 0 saturated heterocycles. The molecular weight excluding hydrogens is 300 g/mol. The third-order valence-corrected chi connectivity index (χ3v) is 4.83. The lowest BCUT2D eigenvalue weighted by Crippen LogP contribution is -2.17. The van der Waals surface area contributed by atoms with Crippen LogP contribution in [-0.4, -0.2) is 5.78 Å². The second-order valence-electron chi connectivity index (χ2n) is 5.81. The number of carbonyl (C=O) groups is 1. The molecule has 0 amide bonds. The number of hydrogen-bond donors (Lipinski definition) is 0. The summed E-state index contributed by atoms with van der Waals surface area (Å²) in [6.45, 7) is 2.27. The zero-order valence-corrected chi connectivity index (χ0v) is 13.3. The maximum Gasteiger partial charge on any atom is 0.163 e. The van der Waals surface area contributed by atoms with Gasteiger partial charge in [0.1, 0.15) is 0 Å². The van der Waals surface area contributed by atoms with Crippen molar-refractivity contribution in [1.29, 1.82) is 0 Å². The van der Waals surface area contributed by atoms with E-state index in [4.69, 9.17) is 0 Å². The molecule has 2 rings (SSSR count). The smallest absolute Gasteiger partial charge is 0.163 e. The number of hydrogen-bond acceptors (Lipinski definition) is 1. The van der Waals surface area contributed by atoms with Gasteiger partial charge in [-0.05, 0) is 36.8 Å². The molecule has 1 fully saturated rings. The average Bonchev–Trinajstić information content (AvgIpc) is 2.42. The van der Waals surface area contributed by atoms with Gasteiger partial charge in [0.05, 0.1) is 0 Å². The van der Waals surface area contributed by atoms with Crippen molar-refractivity contribution < 1.29 is 4.79 Å². The van der Waals surface area contributed by atoms with Gasteiger partial charge in [-0.15, -0.1) is 0 Å². The monoisotopic (exact) mass is 322 g/mol. The van der Waals surface area contributed by atoms with E-state index in [-0.39, 0.29) is 0 Å². The van der Waals surface area contributed by atoms with Gasteiger partial charge in [0.15, 0.2) is 5.78 Å². The van der Waals surface area contributed by atoms with Crippen molar-refractivity contribution >= 4 is 21.7 Å². The summed E-state index contributed by atoms with van der Waals surface area (Å²) >= 11 is 3.40. The van der Waals surface area contributed by atoms with E-state index in [0.717, 1.165) is 22.4 Å². The summed E-state index contributed by atoms with van der Waals surface area (Å²) in [4.78, 5) is 12.2. The first-order valence-electron chi connectivity index (χ1n) is 7.47. The normalized spacial score (nSPS) is 23.3. The van der Waals surface area contributed by atoms with Gasteiger partial charge < -0.3 is 0 Å². The number of rotatable bonds is 5. The van der Waals surface area contributed by atoms with Gasteiger partial charge in [-0.3, -0.25) is 4.79 Å². The van der Waals surface area contributed by atoms with Crippen molar-refractivity contribution in [3.05, 3.63) is 34.3 Å². The van der Waals surface area contributed by atoms with E-state index in [1.807, 2.05) is 24.3 Å². The molecule has 19 heavy (non-hydrogen) atoms. The summed E-state index contributed by atoms with van der Waals surface area (Å²) in [5.74, 6) is 1.85. The standard InChI is InChI=1S/C17H23BrO/c1-2-3-13-4-6-14(7-5-13)12-17(19)15-8-10-16(18)11-9-15/h8-11,13-14H,2-7,12H2,1H3. The second kappa shape index (κ2) is 7.23. The number of halogens is 1. The molecule has 0 atom stereocenters. The third-order valence-electron chi connectivity index (χ3n) is 4.30. The lowest BCUT2D eigenvalue weighted by atomic mass is 9.78. The Kier molecular flexibility index (Phi) is 5.62. The Labute approximate surface area is 124 Å². The molecule has 0 bridgehead atoms. The van der Waals surface area contributed by atoms with Crippen LogP contribution in [0.2, 0.25) is 0 Å². The van der Waals surface area contributed by atoms with Crippen LogP contribution in [-0.2, 0) is 0 Å². The summed E-state index contributed by atoms with van der Waals surface area (Å²) in [5.41, 5.74) is 0.860. The highest BCUT2D eigenvalue weighted by Crippen LogP contribution is 2.33. The molecule has 0 aliphatic heterocycles. The highest BCUT2D eigenvalue weighted by Gasteiger charge is 2.22. The molecule has 1 aliphatic rings. The van der Waals surface area contributed by atoms with E-state index in [0.29, 0.717) is 11.7 Å². The van der Waals surface area contributed by atoms with Crippen LogP contribution in [0, 0.1) is 11.8 Å². The van der Waals surface area contributed by atoms with Crippen molar-refractivity contribution in [3.63, 3.8) is 0 Å². The molecule has 0 heterocycles. The van der Waals surface area contributed by atoms with Gasteiger partial charge in [-0.2, -0.15) is 0 Å². The van der Waals surface area contributed by atoms with Crippen LogP contribution in [0.4, 0.5) is 0 Å². The molecule has 1 saturated carbocycles. The molecule has 0 radical (unpaired) electrons. The number of benzene rings is 1. The zero-order chi connectivity index (χ0) is 13.7. The fourth-order valence-electron chi connectivity index (χ4n) is 3.15. The Morgan fingerprint density at radius 2 is 1.68 bits per heavy atom. The van der Waals surface area contributed by atoms with E-state index >= 15 is 0 Å². The van der Waals surface area contributed by atoms with Gasteiger partial charge in [-0.1, -0.05) is 60.7 Å². The zero-order valence-electron chi connectivity index (χ0n) is 11.7. The predicted molar refractivity (Wildman–Crippen MR) is 83.4 cm³/mol. The van der Waals surface area contributed by atoms with Gasteiger partial charge >= 0.3 is 0 Å². The Morgan fingerprint density at radius 1 is 1.11 bits per heavy atom. The summed E-state index contributed by atoms with van der Waals surface area (Å²) in [6, 6.07) is 7.75. The molecule has 1 aromatic carbocycles. The number of carbonyl (C=O) groups excluding carboxylic acids is 1. The minimum Gasteiger partial charge on any atom is -0.294 e. The van der Waals surface area contributed by atoms with Crippen LogP contribution in [0.3, 0.4) is 0 Å². The molecule has 0 spiro atoms. The summed E-state index contributed by atoms with van der Waals surface area (Å²) in [6.07, 6.45) is 8.54. The van der Waals surface area contributed by atoms with Crippen LogP contribution in [0.25, 0.3) is 0 Å². The fourth-order valence-corrected chi connectivity index (χ4v) is 3.41. The van der Waals surface area contributed by atoms with Crippen molar-refractivity contribution in [2.45, 2.75) is 51.9 Å². The Hall–Kier alpha value is -0.630. The number of Topliss-reactive ketones (excluding diaryl/α,β-unsaturated/α-hetero) is 1. The van der Waals surface area contributed by atoms with Gasteiger partial charge in [0, 0.05) is 16.5 Å². The largest absolute Gasteiger partial charge is 0.294 e. The van der Waals surface area contributed by atoms with Crippen molar-refractivity contribution in [2.75, 3.05) is 0 Å². The number of ketones is 1. The SMILES string of the molecule is CCCC1CCC(CC(=O)c2ccc(Br)cc2)CC1. The molecule has 1 aliphatic carbocycles. The Morgan fingerprint density at radius 3 is 2.26 bits per heavy atom. The predicted octanol–water partition coefficient (Wildman–Crippen LogP) is 5.63. The van der Waals surface area contributed by atoms with E-state index < -0.39 is 0 Å². The van der Waals surface area contributed by atoms with Gasteiger partial charge in [0.2, 0.25) is 0 Å². The van der Waals surface area contributed by atoms with Crippen LogP contribution in [0.15, 0.2) is 28.7 Å². The van der Waals surface area contributed by atoms with E-state index in [9.17, 15) is 4.79 Å². The fraction of sp³-hybridized carbons (Fsp3) is 0.588. The molecule has 0 unspecified atom stereocenters. The maximum absolute atomic E-state index is 12.2. The molecular formula is C17H23BrO. The topological polar surface area (TPSA) is 17.1 Å². The van der Waals surface area contributed by atoms with E-state index in [1.54, 1.807) is 0 Å². The van der Waals surface area contributed by atoms with Crippen LogP contribution < -0.4 is 0 Å². The van der Waals surface area contributed by atoms with Crippen LogP contribution in [0.1, 0.15) is 62.2 Å². The maximum atomic E-state index is 12.2. The first-order valence-corrected chi connectivity index (χ1v) is 8.27. The van der Waals surface area contributed by atoms with Gasteiger partial charge in [0.25, 0.3) is 0 Å². The first kappa shape index (κ1) is 14.8. The van der Waals surface area contributed by atoms with E-state index in [2.05, 4.69) is 22.9 Å². The molecule has 0 N–H and O–H groups in total. The molecule has 104 valence electrons. The minimum absolute atomic E-state index is 0.312. The Balaban J connectivity index is 1.82. The lowest BCUT2D eigenvalue weighted by molar-refractivity contribution is 0.0942. The van der Waals surface area contributed by atoms with Gasteiger partial charge in [-0.25, -0.2) is 0 Å². The minimum atomic E-state index is 0.312. The quantitative estimate of drug-likeness (QED) is 0.642. The highest BCUT2D eigenvalue weighted by atomic mass is 79.9. The van der Waals surface area contributed by atoms with Crippen molar-refractivity contribution in [1.82, 2.24) is 0 Å². The molecule has 1 aromatic rings. The average molecular weight is 323 g/mol. The van der Waals surface area contributed by atoms with Crippen molar-refractivity contribution in [3.8, 4) is 0 Å². The highest BCUT2D eigenvalue weighted by molar-refractivity contribution is 9.10. The summed E-state index contributed by atoms with van der Waals surface area (Å²) < 4.78 is 1.03. The van der Waals surface area contributed by atoms with Crippen molar-refractivity contribution in [2.24, 2.45) is 11.8 Å². The third kappa shape index (κ3) is 4.45. The second-order valence-corrected chi connectivity index (χ2v) is 6.73. The summed E-state index contributed by atoms with van der Waals surface area (Å²) in [7, 11) is 0. The van der Waals surface area contributed by atoms with Crippen LogP contribution in [0.5, 0.6) is 0 Å². The Bertz CT molecular complexity index is 402. The van der Waals surface area contributed by atoms with Crippen LogP contribution >= 0.6 is 15.9 Å². The molecule has 1 nitrogen and oxygen atoms in total. The lowest BCUT2D eigenvalue weighted by Gasteiger charge is -2.27. The summed E-state index contributed by atoms with van der Waals surface area (Å²) in [5, 5.41) is 0. The molecule has 2 heteroatoms. The molecule has 0 aromatic heterocycles.